The van der Waals surface area contributed by atoms with Crippen LogP contribution in [0.2, 0.25) is 0 Å². The quantitative estimate of drug-likeness (QED) is 0.881. The van der Waals surface area contributed by atoms with Crippen molar-refractivity contribution in [1.29, 1.82) is 0 Å². The minimum absolute atomic E-state index is 0. The lowest BCUT2D eigenvalue weighted by molar-refractivity contribution is -0.117. The fourth-order valence-corrected chi connectivity index (χ4v) is 2.71. The second-order valence-electron chi connectivity index (χ2n) is 4.76. The Kier molecular flexibility index (Phi) is 9.33. The minimum Gasteiger partial charge on any atom is -0.320 e. The molecule has 1 aliphatic heterocycles. The normalized spacial score (nSPS) is 16.7. The number of hydrogen-bond acceptors (Lipinski definition) is 5. The van der Waals surface area contributed by atoms with Crippen molar-refractivity contribution in [2.75, 3.05) is 18.4 Å². The molecule has 3 N–H and O–H groups in total. The van der Waals surface area contributed by atoms with Crippen LogP contribution in [0, 0.1) is 0 Å². The van der Waals surface area contributed by atoms with Gasteiger partial charge in [0.25, 0.3) is 0 Å². The van der Waals surface area contributed by atoms with Gasteiger partial charge >= 0.3 is 0 Å². The summed E-state index contributed by atoms with van der Waals surface area (Å²) < 4.78 is 0. The van der Waals surface area contributed by atoms with E-state index in [9.17, 15) is 4.79 Å². The summed E-state index contributed by atoms with van der Waals surface area (Å²) in [5, 5.41) is 5.37. The van der Waals surface area contributed by atoms with Gasteiger partial charge in [0.15, 0.2) is 5.13 Å². The fraction of sp³-hybridized carbons (Fsp3) is 0.667. The van der Waals surface area contributed by atoms with E-state index < -0.39 is 6.04 Å². The van der Waals surface area contributed by atoms with Crippen LogP contribution in [0.15, 0.2) is 5.38 Å². The monoisotopic (exact) mass is 340 g/mol. The van der Waals surface area contributed by atoms with E-state index in [4.69, 9.17) is 5.73 Å². The molecule has 116 valence electrons. The van der Waals surface area contributed by atoms with Crippen LogP contribution in [0.5, 0.6) is 0 Å². The average molecular weight is 341 g/mol. The maximum absolute atomic E-state index is 11.4. The summed E-state index contributed by atoms with van der Waals surface area (Å²) in [6, 6.07) is -0.501. The summed E-state index contributed by atoms with van der Waals surface area (Å²) in [6.07, 6.45) is 3.89. The van der Waals surface area contributed by atoms with E-state index in [2.05, 4.69) is 15.2 Å². The Morgan fingerprint density at radius 3 is 2.70 bits per heavy atom. The first kappa shape index (κ1) is 19.6. The van der Waals surface area contributed by atoms with Gasteiger partial charge in [0.1, 0.15) is 0 Å². The molecule has 0 bridgehead atoms. The van der Waals surface area contributed by atoms with Crippen molar-refractivity contribution in [3.63, 3.8) is 0 Å². The molecule has 1 aromatic rings. The molecule has 20 heavy (non-hydrogen) atoms. The number of nitrogens with one attached hydrogen (secondary N) is 1. The molecule has 0 aromatic carbocycles. The van der Waals surface area contributed by atoms with Crippen LogP contribution in [-0.2, 0) is 11.3 Å². The molecule has 2 heterocycles. The number of carbonyl (C=O) groups excluding carboxylic acids is 1. The van der Waals surface area contributed by atoms with Gasteiger partial charge in [-0.15, -0.1) is 36.2 Å². The largest absolute Gasteiger partial charge is 0.320 e. The molecule has 0 unspecified atom stereocenters. The van der Waals surface area contributed by atoms with E-state index in [-0.39, 0.29) is 30.7 Å². The van der Waals surface area contributed by atoms with E-state index in [1.54, 1.807) is 6.92 Å². The molecule has 0 saturated carbocycles. The number of hydrogen-bond donors (Lipinski definition) is 2. The Morgan fingerprint density at radius 1 is 1.45 bits per heavy atom. The summed E-state index contributed by atoms with van der Waals surface area (Å²) in [5.74, 6) is -0.186. The van der Waals surface area contributed by atoms with E-state index >= 15 is 0 Å². The molecule has 1 atom stereocenters. The van der Waals surface area contributed by atoms with Gasteiger partial charge in [0.05, 0.1) is 11.7 Å². The van der Waals surface area contributed by atoms with Gasteiger partial charge in [-0.25, -0.2) is 4.98 Å². The maximum atomic E-state index is 11.4. The lowest BCUT2D eigenvalue weighted by atomic mass is 10.1. The van der Waals surface area contributed by atoms with Gasteiger partial charge in [-0.2, -0.15) is 0 Å². The van der Waals surface area contributed by atoms with Crippen molar-refractivity contribution < 1.29 is 4.79 Å². The third-order valence-corrected chi connectivity index (χ3v) is 3.84. The summed E-state index contributed by atoms with van der Waals surface area (Å²) in [6.45, 7) is 4.85. The van der Waals surface area contributed by atoms with Gasteiger partial charge in [-0.3, -0.25) is 9.69 Å². The van der Waals surface area contributed by atoms with Crippen molar-refractivity contribution in [1.82, 2.24) is 9.88 Å². The SMILES string of the molecule is C[C@@H](N)C(=O)Nc1nc(CN2CCCCC2)cs1.Cl.Cl. The second-order valence-corrected chi connectivity index (χ2v) is 5.62. The average Bonchev–Trinajstić information content (AvgIpc) is 2.77. The Morgan fingerprint density at radius 2 is 2.10 bits per heavy atom. The number of nitrogens with two attached hydrogens (primary N) is 1. The molecule has 1 saturated heterocycles. The number of halogens is 2. The number of rotatable bonds is 4. The van der Waals surface area contributed by atoms with Gasteiger partial charge in [-0.05, 0) is 32.9 Å². The fourth-order valence-electron chi connectivity index (χ4n) is 2.00. The number of amides is 1. The third-order valence-electron chi connectivity index (χ3n) is 3.03. The highest BCUT2D eigenvalue weighted by Gasteiger charge is 2.14. The van der Waals surface area contributed by atoms with Crippen LogP contribution in [0.1, 0.15) is 31.9 Å². The highest BCUT2D eigenvalue weighted by Crippen LogP contribution is 2.18. The maximum Gasteiger partial charge on any atom is 0.242 e. The molecular weight excluding hydrogens is 319 g/mol. The summed E-state index contributed by atoms with van der Waals surface area (Å²) in [4.78, 5) is 18.3. The van der Waals surface area contributed by atoms with Crippen LogP contribution in [0.25, 0.3) is 0 Å². The molecular formula is C12H22Cl2N4OS. The van der Waals surface area contributed by atoms with Crippen molar-refractivity contribution in [2.45, 2.75) is 38.8 Å². The molecule has 1 fully saturated rings. The highest BCUT2D eigenvalue weighted by molar-refractivity contribution is 7.13. The molecule has 2 rings (SSSR count). The number of piperidine rings is 1. The zero-order valence-corrected chi connectivity index (χ0v) is 14.0. The molecule has 1 amide bonds. The molecule has 8 heteroatoms. The predicted molar refractivity (Wildman–Crippen MR) is 88.0 cm³/mol. The number of nitrogens with zero attached hydrogens (tertiary/aromatic N) is 2. The Bertz CT molecular complexity index is 408. The van der Waals surface area contributed by atoms with Gasteiger partial charge in [-0.1, -0.05) is 6.42 Å². The lowest BCUT2D eigenvalue weighted by Crippen LogP contribution is -2.32. The lowest BCUT2D eigenvalue weighted by Gasteiger charge is -2.25. The molecule has 0 aliphatic carbocycles. The van der Waals surface area contributed by atoms with Gasteiger partial charge < -0.3 is 11.1 Å². The first-order chi connectivity index (χ1) is 8.65. The standard InChI is InChI=1S/C12H20N4OS.2ClH/c1-9(13)11(17)15-12-14-10(8-18-12)7-16-5-3-2-4-6-16;;/h8-9H,2-7,13H2,1H3,(H,14,15,17);2*1H/t9-;;/m1../s1. The summed E-state index contributed by atoms with van der Waals surface area (Å²) in [5.41, 5.74) is 6.53. The van der Waals surface area contributed by atoms with Crippen molar-refractivity contribution in [3.05, 3.63) is 11.1 Å². The van der Waals surface area contributed by atoms with Crippen LogP contribution in [-0.4, -0.2) is 34.9 Å². The second kappa shape index (κ2) is 9.52. The van der Waals surface area contributed by atoms with Crippen molar-refractivity contribution >= 4 is 47.2 Å². The molecule has 0 radical (unpaired) electrons. The number of anilines is 1. The minimum atomic E-state index is -0.501. The van der Waals surface area contributed by atoms with Crippen LogP contribution in [0.3, 0.4) is 0 Å². The number of likely N-dealkylation sites (tertiary alicyclic amines) is 1. The highest BCUT2D eigenvalue weighted by atomic mass is 35.5. The van der Waals surface area contributed by atoms with Crippen LogP contribution < -0.4 is 11.1 Å². The Hall–Kier alpha value is -0.400. The zero-order valence-electron chi connectivity index (χ0n) is 11.5. The molecule has 5 nitrogen and oxygen atoms in total. The van der Waals surface area contributed by atoms with Crippen LogP contribution >= 0.6 is 36.2 Å². The summed E-state index contributed by atoms with van der Waals surface area (Å²) in [7, 11) is 0. The van der Waals surface area contributed by atoms with Crippen LogP contribution in [0.4, 0.5) is 5.13 Å². The first-order valence-corrected chi connectivity index (χ1v) is 7.26. The van der Waals surface area contributed by atoms with E-state index in [1.807, 2.05) is 5.38 Å². The Labute approximate surface area is 136 Å². The number of carbonyl (C=O) groups is 1. The van der Waals surface area contributed by atoms with Gasteiger partial charge in [0.2, 0.25) is 5.91 Å². The molecule has 1 aromatic heterocycles. The molecule has 1 aliphatic rings. The smallest absolute Gasteiger partial charge is 0.242 e. The number of thiazole rings is 1. The van der Waals surface area contributed by atoms with Crippen molar-refractivity contribution in [3.8, 4) is 0 Å². The first-order valence-electron chi connectivity index (χ1n) is 6.38. The topological polar surface area (TPSA) is 71.2 Å². The van der Waals surface area contributed by atoms with E-state index in [0.29, 0.717) is 5.13 Å². The van der Waals surface area contributed by atoms with Crippen molar-refractivity contribution in [2.24, 2.45) is 5.73 Å². The van der Waals surface area contributed by atoms with E-state index in [0.717, 1.165) is 25.3 Å². The Balaban J connectivity index is 0.00000180. The van der Waals surface area contributed by atoms with Gasteiger partial charge in [0, 0.05) is 11.9 Å². The predicted octanol–water partition coefficient (Wildman–Crippen LogP) is 2.26. The van der Waals surface area contributed by atoms with E-state index in [1.165, 1.54) is 30.6 Å². The number of aromatic nitrogens is 1. The molecule has 0 spiro atoms. The third kappa shape index (κ3) is 5.93. The summed E-state index contributed by atoms with van der Waals surface area (Å²) >= 11 is 1.46. The zero-order chi connectivity index (χ0) is 13.0.